The van der Waals surface area contributed by atoms with Crippen molar-refractivity contribution in [1.82, 2.24) is 5.32 Å². The molecule has 1 N–H and O–H groups in total. The smallest absolute Gasteiger partial charge is 0.261 e. The molecule has 0 spiro atoms. The van der Waals surface area contributed by atoms with E-state index >= 15 is 0 Å². The molecule has 0 bridgehead atoms. The molecule has 0 saturated heterocycles. The van der Waals surface area contributed by atoms with Gasteiger partial charge in [0.15, 0.2) is 0 Å². The molecule has 1 rings (SSSR count). The summed E-state index contributed by atoms with van der Waals surface area (Å²) in [6, 6.07) is 3.40. The van der Waals surface area contributed by atoms with E-state index in [1.165, 1.54) is 11.3 Å². The van der Waals surface area contributed by atoms with Crippen LogP contribution in [0.5, 0.6) is 0 Å². The zero-order valence-electron chi connectivity index (χ0n) is 10.1. The first-order valence-electron chi connectivity index (χ1n) is 5.08. The molecule has 0 aliphatic heterocycles. The molecular formula is C11H16ClNO3S. The molecule has 17 heavy (non-hydrogen) atoms. The van der Waals surface area contributed by atoms with Crippen molar-refractivity contribution in [3.8, 4) is 0 Å². The SMILES string of the molecule is COCC(C)(CNC(=O)c1ccc(Cl)s1)OC. The van der Waals surface area contributed by atoms with E-state index in [9.17, 15) is 4.79 Å². The number of hydrogen-bond donors (Lipinski definition) is 1. The molecule has 4 nitrogen and oxygen atoms in total. The molecule has 0 fully saturated rings. The van der Waals surface area contributed by atoms with Gasteiger partial charge in [0.1, 0.15) is 5.60 Å². The molecule has 0 aliphatic carbocycles. The number of carbonyl (C=O) groups is 1. The van der Waals surface area contributed by atoms with E-state index < -0.39 is 5.60 Å². The molecule has 96 valence electrons. The molecule has 1 amide bonds. The summed E-state index contributed by atoms with van der Waals surface area (Å²) < 4.78 is 11.0. The van der Waals surface area contributed by atoms with E-state index in [2.05, 4.69) is 5.32 Å². The normalized spacial score (nSPS) is 14.4. The van der Waals surface area contributed by atoms with Gasteiger partial charge in [-0.2, -0.15) is 0 Å². The molecule has 1 unspecified atom stereocenters. The second kappa shape index (κ2) is 6.35. The highest BCUT2D eigenvalue weighted by Gasteiger charge is 2.24. The summed E-state index contributed by atoms with van der Waals surface area (Å²) in [5.41, 5.74) is -0.522. The maximum Gasteiger partial charge on any atom is 0.261 e. The van der Waals surface area contributed by atoms with Gasteiger partial charge < -0.3 is 14.8 Å². The minimum Gasteiger partial charge on any atom is -0.382 e. The summed E-state index contributed by atoms with van der Waals surface area (Å²) in [5, 5.41) is 2.80. The monoisotopic (exact) mass is 277 g/mol. The van der Waals surface area contributed by atoms with E-state index in [0.717, 1.165) is 0 Å². The Morgan fingerprint density at radius 2 is 2.24 bits per heavy atom. The number of halogens is 1. The standard InChI is InChI=1S/C11H16ClNO3S/c1-11(16-3,7-15-2)6-13-10(14)8-4-5-9(12)17-8/h4-5H,6-7H2,1-3H3,(H,13,14). The summed E-state index contributed by atoms with van der Waals surface area (Å²) in [6.45, 7) is 2.67. The van der Waals surface area contributed by atoms with Gasteiger partial charge in [-0.25, -0.2) is 0 Å². The van der Waals surface area contributed by atoms with Gasteiger partial charge in [0.2, 0.25) is 0 Å². The topological polar surface area (TPSA) is 47.6 Å². The molecule has 1 aromatic rings. The Kier molecular flexibility index (Phi) is 5.39. The van der Waals surface area contributed by atoms with Crippen molar-refractivity contribution in [3.05, 3.63) is 21.3 Å². The lowest BCUT2D eigenvalue weighted by Gasteiger charge is -2.27. The van der Waals surface area contributed by atoms with Crippen molar-refractivity contribution in [2.75, 3.05) is 27.4 Å². The van der Waals surface area contributed by atoms with Crippen molar-refractivity contribution in [3.63, 3.8) is 0 Å². The van der Waals surface area contributed by atoms with Crippen LogP contribution in [0.15, 0.2) is 12.1 Å². The second-order valence-corrected chi connectivity index (χ2v) is 5.59. The summed E-state index contributed by atoms with van der Waals surface area (Å²) in [4.78, 5) is 12.4. The van der Waals surface area contributed by atoms with Gasteiger partial charge in [-0.3, -0.25) is 4.79 Å². The van der Waals surface area contributed by atoms with Crippen LogP contribution in [-0.4, -0.2) is 38.9 Å². The summed E-state index contributed by atoms with van der Waals surface area (Å²) in [6.07, 6.45) is 0. The van der Waals surface area contributed by atoms with Crippen LogP contribution in [0, 0.1) is 0 Å². The van der Waals surface area contributed by atoms with E-state index in [1.54, 1.807) is 26.4 Å². The molecule has 0 radical (unpaired) electrons. The quantitative estimate of drug-likeness (QED) is 0.867. The van der Waals surface area contributed by atoms with Gasteiger partial charge in [-0.1, -0.05) is 11.6 Å². The fraction of sp³-hybridized carbons (Fsp3) is 0.545. The van der Waals surface area contributed by atoms with Crippen LogP contribution in [0.3, 0.4) is 0 Å². The van der Waals surface area contributed by atoms with Gasteiger partial charge >= 0.3 is 0 Å². The van der Waals surface area contributed by atoms with Gasteiger partial charge in [-0.05, 0) is 19.1 Å². The molecule has 1 aromatic heterocycles. The number of methoxy groups -OCH3 is 2. The van der Waals surface area contributed by atoms with Crippen molar-refractivity contribution >= 4 is 28.8 Å². The van der Waals surface area contributed by atoms with Crippen LogP contribution in [0.25, 0.3) is 0 Å². The van der Waals surface area contributed by atoms with E-state index in [1.807, 2.05) is 6.92 Å². The van der Waals surface area contributed by atoms with Crippen LogP contribution < -0.4 is 5.32 Å². The Balaban J connectivity index is 2.52. The number of nitrogens with one attached hydrogen (secondary N) is 1. The first-order chi connectivity index (χ1) is 8.00. The third-order valence-corrected chi connectivity index (χ3v) is 3.59. The molecule has 1 atom stereocenters. The third kappa shape index (κ3) is 4.27. The molecule has 1 heterocycles. The molecule has 6 heteroatoms. The van der Waals surface area contributed by atoms with Crippen LogP contribution in [0.2, 0.25) is 4.34 Å². The number of ether oxygens (including phenoxy) is 2. The fourth-order valence-corrected chi connectivity index (χ4v) is 2.24. The number of hydrogen-bond acceptors (Lipinski definition) is 4. The lowest BCUT2D eigenvalue weighted by atomic mass is 10.1. The average molecular weight is 278 g/mol. The predicted molar refractivity (Wildman–Crippen MR) is 69.0 cm³/mol. The molecule has 0 saturated carbocycles. The highest BCUT2D eigenvalue weighted by atomic mass is 35.5. The van der Waals surface area contributed by atoms with Crippen molar-refractivity contribution < 1.29 is 14.3 Å². The number of rotatable bonds is 6. The van der Waals surface area contributed by atoms with E-state index in [-0.39, 0.29) is 5.91 Å². The van der Waals surface area contributed by atoms with E-state index in [0.29, 0.717) is 22.4 Å². The first-order valence-corrected chi connectivity index (χ1v) is 6.28. The Morgan fingerprint density at radius 1 is 1.53 bits per heavy atom. The highest BCUT2D eigenvalue weighted by Crippen LogP contribution is 2.21. The summed E-state index contributed by atoms with van der Waals surface area (Å²) >= 11 is 7.01. The first kappa shape index (κ1) is 14.4. The second-order valence-electron chi connectivity index (χ2n) is 3.87. The van der Waals surface area contributed by atoms with Crippen LogP contribution in [0.4, 0.5) is 0 Å². The zero-order chi connectivity index (χ0) is 12.9. The lowest BCUT2D eigenvalue weighted by molar-refractivity contribution is -0.0479. The Hall–Kier alpha value is -0.620. The minimum absolute atomic E-state index is 0.152. The largest absolute Gasteiger partial charge is 0.382 e. The Labute approximate surface area is 110 Å². The van der Waals surface area contributed by atoms with Crippen molar-refractivity contribution in [2.24, 2.45) is 0 Å². The van der Waals surface area contributed by atoms with Crippen LogP contribution in [-0.2, 0) is 9.47 Å². The number of amides is 1. The van der Waals surface area contributed by atoms with Gasteiger partial charge in [0, 0.05) is 20.8 Å². The summed E-state index contributed by atoms with van der Waals surface area (Å²) in [7, 11) is 3.19. The van der Waals surface area contributed by atoms with Crippen molar-refractivity contribution in [2.45, 2.75) is 12.5 Å². The fourth-order valence-electron chi connectivity index (χ4n) is 1.28. The van der Waals surface area contributed by atoms with E-state index in [4.69, 9.17) is 21.1 Å². The van der Waals surface area contributed by atoms with Gasteiger partial charge in [0.05, 0.1) is 15.8 Å². The third-order valence-electron chi connectivity index (χ3n) is 2.36. The highest BCUT2D eigenvalue weighted by molar-refractivity contribution is 7.17. The summed E-state index contributed by atoms with van der Waals surface area (Å²) in [5.74, 6) is -0.152. The minimum atomic E-state index is -0.522. The molecular weight excluding hydrogens is 262 g/mol. The molecule has 0 aromatic carbocycles. The van der Waals surface area contributed by atoms with Gasteiger partial charge in [-0.15, -0.1) is 11.3 Å². The van der Waals surface area contributed by atoms with Crippen LogP contribution >= 0.6 is 22.9 Å². The lowest BCUT2D eigenvalue weighted by Crippen LogP contribution is -2.45. The maximum atomic E-state index is 11.8. The predicted octanol–water partition coefficient (Wildman–Crippen LogP) is 2.18. The Morgan fingerprint density at radius 3 is 2.71 bits per heavy atom. The average Bonchev–Trinajstić information content (AvgIpc) is 2.73. The number of carbonyl (C=O) groups excluding carboxylic acids is 1. The zero-order valence-corrected chi connectivity index (χ0v) is 11.7. The van der Waals surface area contributed by atoms with Crippen LogP contribution in [0.1, 0.15) is 16.6 Å². The molecule has 0 aliphatic rings. The van der Waals surface area contributed by atoms with Gasteiger partial charge in [0.25, 0.3) is 5.91 Å². The number of thiophene rings is 1. The maximum absolute atomic E-state index is 11.8. The Bertz CT molecular complexity index is 383. The van der Waals surface area contributed by atoms with Crippen molar-refractivity contribution in [1.29, 1.82) is 0 Å².